The van der Waals surface area contributed by atoms with Crippen LogP contribution < -0.4 is 0 Å². The van der Waals surface area contributed by atoms with E-state index in [1.54, 1.807) is 0 Å². The quantitative estimate of drug-likeness (QED) is 0.757. The van der Waals surface area contributed by atoms with Gasteiger partial charge in [-0.2, -0.15) is 0 Å². The van der Waals surface area contributed by atoms with Crippen LogP contribution in [0.1, 0.15) is 37.5 Å². The van der Waals surface area contributed by atoms with Crippen LogP contribution >= 0.6 is 0 Å². The van der Waals surface area contributed by atoms with Crippen molar-refractivity contribution >= 4 is 5.91 Å². The maximum absolute atomic E-state index is 12.8. The van der Waals surface area contributed by atoms with E-state index >= 15 is 0 Å². The first-order valence-electron chi connectivity index (χ1n) is 11.5. The summed E-state index contributed by atoms with van der Waals surface area (Å²) in [7, 11) is 0. The first kappa shape index (κ1) is 21.1. The molecule has 2 heterocycles. The van der Waals surface area contributed by atoms with Crippen LogP contribution in [-0.2, 0) is 24.2 Å². The zero-order valence-corrected chi connectivity index (χ0v) is 18.7. The van der Waals surface area contributed by atoms with E-state index < -0.39 is 0 Å². The van der Waals surface area contributed by atoms with Crippen molar-refractivity contribution in [2.45, 2.75) is 46.2 Å². The van der Waals surface area contributed by atoms with Gasteiger partial charge in [-0.3, -0.25) is 14.6 Å². The van der Waals surface area contributed by atoms with Gasteiger partial charge in [-0.25, -0.2) is 0 Å². The molecular formula is C26H35N3O. The van der Waals surface area contributed by atoms with Crippen LogP contribution in [0.5, 0.6) is 0 Å². The Morgan fingerprint density at radius 3 is 2.27 bits per heavy atom. The molecule has 2 aromatic carbocycles. The van der Waals surface area contributed by atoms with E-state index in [9.17, 15) is 4.79 Å². The molecule has 0 aromatic heterocycles. The number of benzene rings is 2. The van der Waals surface area contributed by atoms with Gasteiger partial charge in [-0.05, 0) is 54.5 Å². The molecule has 0 N–H and O–H groups in total. The molecule has 0 bridgehead atoms. The maximum Gasteiger partial charge on any atom is 0.236 e. The van der Waals surface area contributed by atoms with Gasteiger partial charge in [0.1, 0.15) is 0 Å². The first-order valence-corrected chi connectivity index (χ1v) is 11.5. The molecule has 0 unspecified atom stereocenters. The summed E-state index contributed by atoms with van der Waals surface area (Å²) in [6.45, 7) is 12.7. The Kier molecular flexibility index (Phi) is 6.55. The summed E-state index contributed by atoms with van der Waals surface area (Å²) in [5.74, 6) is 0.287. The number of piperazine rings is 1. The second-order valence-corrected chi connectivity index (χ2v) is 9.01. The van der Waals surface area contributed by atoms with Crippen molar-refractivity contribution in [2.24, 2.45) is 0 Å². The highest BCUT2D eigenvalue weighted by molar-refractivity contribution is 5.78. The number of amides is 1. The molecule has 0 atom stereocenters. The maximum atomic E-state index is 12.8. The minimum Gasteiger partial charge on any atom is -0.339 e. The summed E-state index contributed by atoms with van der Waals surface area (Å²) in [6, 6.07) is 16.3. The molecule has 0 saturated carbocycles. The monoisotopic (exact) mass is 405 g/mol. The van der Waals surface area contributed by atoms with E-state index in [1.807, 2.05) is 0 Å². The topological polar surface area (TPSA) is 26.8 Å². The lowest BCUT2D eigenvalue weighted by atomic mass is 9.94. The van der Waals surface area contributed by atoms with Crippen molar-refractivity contribution in [2.75, 3.05) is 39.3 Å². The van der Waals surface area contributed by atoms with Gasteiger partial charge in [0.05, 0.1) is 6.54 Å². The van der Waals surface area contributed by atoms with Crippen molar-refractivity contribution in [3.63, 3.8) is 0 Å². The number of carbonyl (C=O) groups excluding carboxylic acids is 1. The van der Waals surface area contributed by atoms with Crippen LogP contribution in [0.3, 0.4) is 0 Å². The third-order valence-electron chi connectivity index (χ3n) is 6.75. The summed E-state index contributed by atoms with van der Waals surface area (Å²) < 4.78 is 0. The number of hydrogen-bond acceptors (Lipinski definition) is 3. The predicted octanol–water partition coefficient (Wildman–Crippen LogP) is 3.83. The SMILES string of the molecule is CCc1ccc(-c2ccc3c(c2)CCN(CC(=O)N2CCN(C(C)C)CC2)C3)cc1. The summed E-state index contributed by atoms with van der Waals surface area (Å²) in [4.78, 5) is 19.6. The summed E-state index contributed by atoms with van der Waals surface area (Å²) in [6.07, 6.45) is 2.09. The van der Waals surface area contributed by atoms with Crippen LogP contribution in [-0.4, -0.2) is 65.9 Å². The Balaban J connectivity index is 1.35. The molecule has 1 saturated heterocycles. The first-order chi connectivity index (χ1) is 14.5. The molecule has 2 aromatic rings. The van der Waals surface area contributed by atoms with E-state index in [2.05, 4.69) is 77.9 Å². The second kappa shape index (κ2) is 9.32. The van der Waals surface area contributed by atoms with Gasteiger partial charge in [0.25, 0.3) is 0 Å². The predicted molar refractivity (Wildman–Crippen MR) is 124 cm³/mol. The number of rotatable bonds is 5. The van der Waals surface area contributed by atoms with Gasteiger partial charge in [0.2, 0.25) is 5.91 Å². The molecule has 1 fully saturated rings. The van der Waals surface area contributed by atoms with E-state index in [4.69, 9.17) is 0 Å². The number of nitrogens with zero attached hydrogens (tertiary/aromatic N) is 3. The van der Waals surface area contributed by atoms with E-state index in [0.717, 1.165) is 52.1 Å². The highest BCUT2D eigenvalue weighted by atomic mass is 16.2. The summed E-state index contributed by atoms with van der Waals surface area (Å²) >= 11 is 0. The Morgan fingerprint density at radius 2 is 1.60 bits per heavy atom. The molecule has 1 amide bonds. The lowest BCUT2D eigenvalue weighted by Crippen LogP contribution is -2.53. The lowest BCUT2D eigenvalue weighted by Gasteiger charge is -2.38. The number of carbonyl (C=O) groups is 1. The smallest absolute Gasteiger partial charge is 0.236 e. The van der Waals surface area contributed by atoms with Crippen LogP contribution in [0.25, 0.3) is 11.1 Å². The third kappa shape index (κ3) is 4.76. The van der Waals surface area contributed by atoms with Crippen LogP contribution in [0, 0.1) is 0 Å². The molecule has 160 valence electrons. The minimum atomic E-state index is 0.287. The minimum absolute atomic E-state index is 0.287. The zero-order chi connectivity index (χ0) is 21.1. The van der Waals surface area contributed by atoms with Gasteiger partial charge in [0, 0.05) is 45.3 Å². The average molecular weight is 406 g/mol. The van der Waals surface area contributed by atoms with Gasteiger partial charge in [-0.15, -0.1) is 0 Å². The lowest BCUT2D eigenvalue weighted by molar-refractivity contribution is -0.134. The molecule has 0 spiro atoms. The van der Waals surface area contributed by atoms with Crippen molar-refractivity contribution in [3.05, 3.63) is 59.2 Å². The third-order valence-corrected chi connectivity index (χ3v) is 6.75. The fourth-order valence-corrected chi connectivity index (χ4v) is 4.64. The number of aryl methyl sites for hydroxylation is 1. The van der Waals surface area contributed by atoms with Gasteiger partial charge in [-0.1, -0.05) is 49.4 Å². The summed E-state index contributed by atoms with van der Waals surface area (Å²) in [5.41, 5.74) is 6.76. The van der Waals surface area contributed by atoms with E-state index in [1.165, 1.54) is 27.8 Å². The molecule has 4 rings (SSSR count). The molecule has 4 heteroatoms. The fourth-order valence-electron chi connectivity index (χ4n) is 4.64. The average Bonchev–Trinajstić information content (AvgIpc) is 2.79. The molecule has 30 heavy (non-hydrogen) atoms. The molecular weight excluding hydrogens is 370 g/mol. The van der Waals surface area contributed by atoms with Gasteiger partial charge < -0.3 is 4.90 Å². The molecule has 0 aliphatic carbocycles. The molecule has 2 aliphatic rings. The Bertz CT molecular complexity index is 866. The second-order valence-electron chi connectivity index (χ2n) is 9.01. The van der Waals surface area contributed by atoms with E-state index in [-0.39, 0.29) is 5.91 Å². The normalized spacial score (nSPS) is 17.9. The van der Waals surface area contributed by atoms with Crippen molar-refractivity contribution in [1.82, 2.24) is 14.7 Å². The van der Waals surface area contributed by atoms with Crippen molar-refractivity contribution < 1.29 is 4.79 Å². The molecule has 4 nitrogen and oxygen atoms in total. The van der Waals surface area contributed by atoms with Gasteiger partial charge >= 0.3 is 0 Å². The van der Waals surface area contributed by atoms with E-state index in [0.29, 0.717) is 12.6 Å². The summed E-state index contributed by atoms with van der Waals surface area (Å²) in [5, 5.41) is 0. The van der Waals surface area contributed by atoms with Crippen molar-refractivity contribution in [1.29, 1.82) is 0 Å². The standard InChI is InChI=1S/C26H35N3O/c1-4-21-5-7-22(8-6-21)23-9-10-25-18-27(12-11-24(25)17-23)19-26(30)29-15-13-28(14-16-29)20(2)3/h5-10,17,20H,4,11-16,18-19H2,1-3H3. The van der Waals surface area contributed by atoms with Gasteiger partial charge in [0.15, 0.2) is 0 Å². The Labute approximate surface area is 181 Å². The Hall–Kier alpha value is -2.17. The zero-order valence-electron chi connectivity index (χ0n) is 18.7. The Morgan fingerprint density at radius 1 is 0.900 bits per heavy atom. The van der Waals surface area contributed by atoms with Crippen LogP contribution in [0.2, 0.25) is 0 Å². The highest BCUT2D eigenvalue weighted by Crippen LogP contribution is 2.27. The number of hydrogen-bond donors (Lipinski definition) is 0. The van der Waals surface area contributed by atoms with Crippen molar-refractivity contribution in [3.8, 4) is 11.1 Å². The van der Waals surface area contributed by atoms with Crippen LogP contribution in [0.4, 0.5) is 0 Å². The highest BCUT2D eigenvalue weighted by Gasteiger charge is 2.25. The van der Waals surface area contributed by atoms with Crippen LogP contribution in [0.15, 0.2) is 42.5 Å². The molecule has 2 aliphatic heterocycles. The molecule has 0 radical (unpaired) electrons. The largest absolute Gasteiger partial charge is 0.339 e. The fraction of sp³-hybridized carbons (Fsp3) is 0.500. The number of fused-ring (bicyclic) bond motifs is 1.